The number of aliphatic hydroxyl groups excluding tert-OH is 2. The summed E-state index contributed by atoms with van der Waals surface area (Å²) in [5.74, 6) is -0.216. The summed E-state index contributed by atoms with van der Waals surface area (Å²) in [6.45, 7) is 7.72. The lowest BCUT2D eigenvalue weighted by Gasteiger charge is -2.40. The third-order valence-corrected chi connectivity index (χ3v) is 4.03. The van der Waals surface area contributed by atoms with Crippen LogP contribution in [0.4, 0.5) is 4.39 Å². The number of hydrogen-bond acceptors (Lipinski definition) is 4. The van der Waals surface area contributed by atoms with Crippen molar-refractivity contribution in [2.75, 3.05) is 26.2 Å². The van der Waals surface area contributed by atoms with Crippen molar-refractivity contribution in [2.45, 2.75) is 39.1 Å². The molecule has 0 amide bonds. The van der Waals surface area contributed by atoms with E-state index >= 15 is 0 Å². The molecule has 0 spiro atoms. The molecule has 1 aliphatic heterocycles. The second-order valence-electron chi connectivity index (χ2n) is 6.01. The first kappa shape index (κ1) is 16.4. The molecule has 2 rings (SSSR count). The first-order valence-electron chi connectivity index (χ1n) is 7.52. The van der Waals surface area contributed by atoms with Gasteiger partial charge in [-0.15, -0.1) is 0 Å². The SMILES string of the molecule is CC(O)CN1CCN(Cc2cc(CO)ccc2F)CC1C. The quantitative estimate of drug-likeness (QED) is 0.857. The van der Waals surface area contributed by atoms with Gasteiger partial charge in [0, 0.05) is 44.3 Å². The van der Waals surface area contributed by atoms with Crippen molar-refractivity contribution < 1.29 is 14.6 Å². The Hall–Kier alpha value is -1.01. The molecule has 0 aromatic heterocycles. The van der Waals surface area contributed by atoms with Gasteiger partial charge in [0.1, 0.15) is 5.82 Å². The normalized spacial score (nSPS) is 22.4. The number of rotatable bonds is 5. The van der Waals surface area contributed by atoms with Crippen LogP contribution in [0.15, 0.2) is 18.2 Å². The van der Waals surface area contributed by atoms with Gasteiger partial charge in [-0.3, -0.25) is 9.80 Å². The lowest BCUT2D eigenvalue weighted by atomic mass is 10.1. The third-order valence-electron chi connectivity index (χ3n) is 4.03. The van der Waals surface area contributed by atoms with Crippen molar-refractivity contribution in [3.63, 3.8) is 0 Å². The summed E-state index contributed by atoms with van der Waals surface area (Å²) in [7, 11) is 0. The Morgan fingerprint density at radius 1 is 1.38 bits per heavy atom. The maximum absolute atomic E-state index is 13.9. The summed E-state index contributed by atoms with van der Waals surface area (Å²) in [4.78, 5) is 4.49. The average Bonchev–Trinajstić information content (AvgIpc) is 2.44. The van der Waals surface area contributed by atoms with Gasteiger partial charge < -0.3 is 10.2 Å². The number of piperazine rings is 1. The van der Waals surface area contributed by atoms with E-state index in [0.717, 1.165) is 25.2 Å². The number of benzene rings is 1. The molecule has 1 aliphatic rings. The van der Waals surface area contributed by atoms with E-state index in [-0.39, 0.29) is 18.5 Å². The van der Waals surface area contributed by atoms with Gasteiger partial charge in [0.2, 0.25) is 0 Å². The lowest BCUT2D eigenvalue weighted by Crippen LogP contribution is -2.53. The Balaban J connectivity index is 1.96. The van der Waals surface area contributed by atoms with Crippen LogP contribution in [0.5, 0.6) is 0 Å². The second kappa shape index (κ2) is 7.31. The number of nitrogens with zero attached hydrogens (tertiary/aromatic N) is 2. The van der Waals surface area contributed by atoms with Crippen LogP contribution in [-0.2, 0) is 13.2 Å². The van der Waals surface area contributed by atoms with Gasteiger partial charge in [0.05, 0.1) is 12.7 Å². The van der Waals surface area contributed by atoms with Crippen LogP contribution in [0.3, 0.4) is 0 Å². The zero-order chi connectivity index (χ0) is 15.4. The van der Waals surface area contributed by atoms with Gasteiger partial charge in [0.25, 0.3) is 0 Å². The monoisotopic (exact) mass is 296 g/mol. The maximum atomic E-state index is 13.9. The van der Waals surface area contributed by atoms with Crippen LogP contribution in [-0.4, -0.2) is 58.3 Å². The maximum Gasteiger partial charge on any atom is 0.127 e. The molecule has 118 valence electrons. The fourth-order valence-corrected chi connectivity index (χ4v) is 2.91. The first-order chi connectivity index (χ1) is 9.99. The van der Waals surface area contributed by atoms with Gasteiger partial charge in [-0.1, -0.05) is 6.07 Å². The predicted molar refractivity (Wildman–Crippen MR) is 80.3 cm³/mol. The molecule has 1 aromatic rings. The minimum atomic E-state index is -0.322. The molecular formula is C16H25FN2O2. The molecule has 2 atom stereocenters. The third kappa shape index (κ3) is 4.48. The van der Waals surface area contributed by atoms with E-state index in [0.29, 0.717) is 24.7 Å². The van der Waals surface area contributed by atoms with E-state index in [4.69, 9.17) is 5.11 Å². The molecule has 21 heavy (non-hydrogen) atoms. The number of halogens is 1. The number of hydrogen-bond donors (Lipinski definition) is 2. The van der Waals surface area contributed by atoms with E-state index in [1.807, 2.05) is 0 Å². The van der Waals surface area contributed by atoms with Crippen molar-refractivity contribution in [3.05, 3.63) is 35.1 Å². The zero-order valence-corrected chi connectivity index (χ0v) is 12.8. The number of aliphatic hydroxyl groups is 2. The molecule has 1 aromatic carbocycles. The molecule has 0 saturated carbocycles. The molecule has 4 nitrogen and oxygen atoms in total. The van der Waals surface area contributed by atoms with Gasteiger partial charge in [-0.25, -0.2) is 4.39 Å². The number of β-amino-alcohol motifs (C(OH)–C–C–N with tert-alkyl or cyclic N) is 1. The van der Waals surface area contributed by atoms with Crippen LogP contribution in [0, 0.1) is 5.82 Å². The fraction of sp³-hybridized carbons (Fsp3) is 0.625. The van der Waals surface area contributed by atoms with Gasteiger partial charge in [-0.05, 0) is 31.5 Å². The largest absolute Gasteiger partial charge is 0.392 e. The van der Waals surface area contributed by atoms with E-state index in [9.17, 15) is 9.50 Å². The van der Waals surface area contributed by atoms with Crippen molar-refractivity contribution >= 4 is 0 Å². The van der Waals surface area contributed by atoms with Gasteiger partial charge in [-0.2, -0.15) is 0 Å². The Morgan fingerprint density at radius 3 is 2.76 bits per heavy atom. The van der Waals surface area contributed by atoms with Crippen molar-refractivity contribution in [1.82, 2.24) is 9.80 Å². The molecule has 5 heteroatoms. The molecule has 0 bridgehead atoms. The molecular weight excluding hydrogens is 271 g/mol. The molecule has 2 N–H and O–H groups in total. The van der Waals surface area contributed by atoms with Crippen molar-refractivity contribution in [1.29, 1.82) is 0 Å². The molecule has 0 radical (unpaired) electrons. The predicted octanol–water partition coefficient (Wildman–Crippen LogP) is 1.20. The summed E-state index contributed by atoms with van der Waals surface area (Å²) in [6, 6.07) is 5.12. The highest BCUT2D eigenvalue weighted by atomic mass is 19.1. The van der Waals surface area contributed by atoms with Crippen LogP contribution < -0.4 is 0 Å². The second-order valence-corrected chi connectivity index (χ2v) is 6.01. The summed E-state index contributed by atoms with van der Waals surface area (Å²) < 4.78 is 13.9. The van der Waals surface area contributed by atoms with Crippen molar-refractivity contribution in [2.24, 2.45) is 0 Å². The summed E-state index contributed by atoms with van der Waals surface area (Å²) >= 11 is 0. The van der Waals surface area contributed by atoms with Gasteiger partial charge >= 0.3 is 0 Å². The molecule has 1 fully saturated rings. The van der Waals surface area contributed by atoms with Crippen LogP contribution >= 0.6 is 0 Å². The summed E-state index contributed by atoms with van der Waals surface area (Å²) in [5.41, 5.74) is 1.38. The summed E-state index contributed by atoms with van der Waals surface area (Å²) in [5, 5.41) is 18.6. The molecule has 1 heterocycles. The highest BCUT2D eigenvalue weighted by Crippen LogP contribution is 2.17. The topological polar surface area (TPSA) is 46.9 Å². The molecule has 0 aliphatic carbocycles. The molecule has 2 unspecified atom stereocenters. The average molecular weight is 296 g/mol. The fourth-order valence-electron chi connectivity index (χ4n) is 2.91. The van der Waals surface area contributed by atoms with Gasteiger partial charge in [0.15, 0.2) is 0 Å². The first-order valence-corrected chi connectivity index (χ1v) is 7.52. The Kier molecular flexibility index (Phi) is 5.70. The van der Waals surface area contributed by atoms with Crippen LogP contribution in [0.25, 0.3) is 0 Å². The van der Waals surface area contributed by atoms with E-state index in [1.165, 1.54) is 6.07 Å². The minimum absolute atomic E-state index is 0.0636. The Bertz CT molecular complexity index is 468. The zero-order valence-electron chi connectivity index (χ0n) is 12.8. The minimum Gasteiger partial charge on any atom is -0.392 e. The molecule has 1 saturated heterocycles. The van der Waals surface area contributed by atoms with Crippen molar-refractivity contribution in [3.8, 4) is 0 Å². The van der Waals surface area contributed by atoms with Crippen LogP contribution in [0.2, 0.25) is 0 Å². The highest BCUT2D eigenvalue weighted by molar-refractivity contribution is 5.24. The standard InChI is InChI=1S/C16H25FN2O2/c1-12-8-18(5-6-19(12)9-13(2)21)10-15-7-14(11-20)3-4-16(15)17/h3-4,7,12-13,20-21H,5-6,8-11H2,1-2H3. The smallest absolute Gasteiger partial charge is 0.127 e. The van der Waals surface area contributed by atoms with E-state index in [2.05, 4.69) is 16.7 Å². The van der Waals surface area contributed by atoms with E-state index < -0.39 is 0 Å². The Morgan fingerprint density at radius 2 is 2.14 bits per heavy atom. The summed E-state index contributed by atoms with van der Waals surface area (Å²) in [6.07, 6.45) is -0.322. The van der Waals surface area contributed by atoms with E-state index in [1.54, 1.807) is 19.1 Å². The van der Waals surface area contributed by atoms with Crippen LogP contribution in [0.1, 0.15) is 25.0 Å². The highest BCUT2D eigenvalue weighted by Gasteiger charge is 2.24. The lowest BCUT2D eigenvalue weighted by molar-refractivity contribution is 0.0419. The Labute approximate surface area is 125 Å².